The molecule has 1 amide bonds. The molecule has 2 aromatic rings. The highest BCUT2D eigenvalue weighted by molar-refractivity contribution is 7.13. The Hall–Kier alpha value is -2.03. The molecule has 1 aliphatic heterocycles. The molecule has 0 spiro atoms. The topological polar surface area (TPSA) is 66.9 Å². The van der Waals surface area contributed by atoms with Crippen molar-refractivity contribution in [3.63, 3.8) is 0 Å². The fourth-order valence-corrected chi connectivity index (χ4v) is 3.75. The number of aromatic nitrogens is 1. The summed E-state index contributed by atoms with van der Waals surface area (Å²) in [4.78, 5) is 21.1. The van der Waals surface area contributed by atoms with Crippen LogP contribution in [0.2, 0.25) is 5.02 Å². The van der Waals surface area contributed by atoms with Gasteiger partial charge in [0.05, 0.1) is 31.5 Å². The molecule has 1 aromatic carbocycles. The van der Waals surface area contributed by atoms with E-state index in [4.69, 9.17) is 21.1 Å². The van der Waals surface area contributed by atoms with Crippen LogP contribution in [0.25, 0.3) is 0 Å². The van der Waals surface area contributed by atoms with Crippen LogP contribution >= 0.6 is 22.9 Å². The Labute approximate surface area is 161 Å². The van der Waals surface area contributed by atoms with Crippen molar-refractivity contribution in [3.05, 3.63) is 28.7 Å². The highest BCUT2D eigenvalue weighted by Gasteiger charge is 2.21. The standard InChI is InChI=1S/C17H21ClN4O3S/c1-24-14-10-13(15(25-2)9-12(14)18)20-16(23)11-21-4-6-22(7-5-21)17-19-3-8-26-17/h3,8-10H,4-7,11H2,1-2H3,(H,20,23). The Kier molecular flexibility index (Phi) is 6.18. The number of piperazine rings is 1. The molecule has 140 valence electrons. The number of amides is 1. The summed E-state index contributed by atoms with van der Waals surface area (Å²) in [5.74, 6) is 0.882. The van der Waals surface area contributed by atoms with Gasteiger partial charge in [-0.3, -0.25) is 9.69 Å². The van der Waals surface area contributed by atoms with E-state index in [-0.39, 0.29) is 5.91 Å². The number of anilines is 2. The molecule has 0 atom stereocenters. The molecule has 0 bridgehead atoms. The monoisotopic (exact) mass is 396 g/mol. The first-order valence-electron chi connectivity index (χ1n) is 8.19. The molecule has 0 aliphatic carbocycles. The number of ether oxygens (including phenoxy) is 2. The number of carbonyl (C=O) groups is 1. The summed E-state index contributed by atoms with van der Waals surface area (Å²) < 4.78 is 10.5. The lowest BCUT2D eigenvalue weighted by Crippen LogP contribution is -2.48. The fraction of sp³-hybridized carbons (Fsp3) is 0.412. The number of thiazole rings is 1. The molecule has 9 heteroatoms. The normalized spacial score (nSPS) is 15.0. The van der Waals surface area contributed by atoms with Gasteiger partial charge in [-0.2, -0.15) is 0 Å². The highest BCUT2D eigenvalue weighted by atomic mass is 35.5. The van der Waals surface area contributed by atoms with Crippen molar-refractivity contribution in [3.8, 4) is 11.5 Å². The molecule has 0 saturated carbocycles. The van der Waals surface area contributed by atoms with E-state index in [1.807, 2.05) is 11.6 Å². The predicted octanol–water partition coefficient (Wildman–Crippen LogP) is 2.57. The number of nitrogens with one attached hydrogen (secondary N) is 1. The van der Waals surface area contributed by atoms with E-state index in [0.717, 1.165) is 31.3 Å². The summed E-state index contributed by atoms with van der Waals surface area (Å²) in [5, 5.41) is 6.32. The van der Waals surface area contributed by atoms with E-state index in [2.05, 4.69) is 20.1 Å². The van der Waals surface area contributed by atoms with Gasteiger partial charge in [-0.1, -0.05) is 11.6 Å². The van der Waals surface area contributed by atoms with E-state index >= 15 is 0 Å². The van der Waals surface area contributed by atoms with Crippen LogP contribution in [0.1, 0.15) is 0 Å². The van der Waals surface area contributed by atoms with Crippen molar-refractivity contribution in [2.24, 2.45) is 0 Å². The number of halogens is 1. The van der Waals surface area contributed by atoms with Crippen LogP contribution in [0, 0.1) is 0 Å². The second-order valence-electron chi connectivity index (χ2n) is 5.81. The Morgan fingerprint density at radius 3 is 2.58 bits per heavy atom. The molecule has 3 rings (SSSR count). The Balaban J connectivity index is 1.56. The lowest BCUT2D eigenvalue weighted by atomic mass is 10.2. The first kappa shape index (κ1) is 18.8. The van der Waals surface area contributed by atoms with E-state index in [0.29, 0.717) is 28.8 Å². The fourth-order valence-electron chi connectivity index (χ4n) is 2.82. The first-order valence-corrected chi connectivity index (χ1v) is 9.44. The molecule has 1 fully saturated rings. The maximum atomic E-state index is 12.4. The van der Waals surface area contributed by atoms with Crippen molar-refractivity contribution in [2.45, 2.75) is 0 Å². The minimum atomic E-state index is -0.102. The van der Waals surface area contributed by atoms with Gasteiger partial charge in [0, 0.05) is 49.9 Å². The van der Waals surface area contributed by atoms with Crippen LogP contribution in [0.15, 0.2) is 23.7 Å². The second kappa shape index (κ2) is 8.57. The van der Waals surface area contributed by atoms with Crippen LogP contribution in [0.3, 0.4) is 0 Å². The molecule has 0 unspecified atom stereocenters. The van der Waals surface area contributed by atoms with E-state index < -0.39 is 0 Å². The zero-order chi connectivity index (χ0) is 18.5. The third-order valence-corrected chi connectivity index (χ3v) is 5.30. The van der Waals surface area contributed by atoms with Crippen LogP contribution in [-0.2, 0) is 4.79 Å². The van der Waals surface area contributed by atoms with E-state index in [1.165, 1.54) is 14.2 Å². The van der Waals surface area contributed by atoms with Crippen molar-refractivity contribution in [1.29, 1.82) is 0 Å². The summed E-state index contributed by atoms with van der Waals surface area (Å²) in [6.45, 7) is 3.67. The SMILES string of the molecule is COc1cc(NC(=O)CN2CCN(c3nccs3)CC2)c(OC)cc1Cl. The van der Waals surface area contributed by atoms with E-state index in [1.54, 1.807) is 23.5 Å². The molecule has 1 aromatic heterocycles. The highest BCUT2D eigenvalue weighted by Crippen LogP contribution is 2.35. The molecule has 1 aliphatic rings. The number of hydrogen-bond donors (Lipinski definition) is 1. The van der Waals surface area contributed by atoms with Gasteiger partial charge in [-0.25, -0.2) is 4.98 Å². The first-order chi connectivity index (χ1) is 12.6. The largest absolute Gasteiger partial charge is 0.495 e. The van der Waals surface area contributed by atoms with Gasteiger partial charge in [-0.05, 0) is 0 Å². The predicted molar refractivity (Wildman–Crippen MR) is 104 cm³/mol. The average Bonchev–Trinajstić information content (AvgIpc) is 3.18. The summed E-state index contributed by atoms with van der Waals surface area (Å²) in [5.41, 5.74) is 0.542. The van der Waals surface area contributed by atoms with Crippen molar-refractivity contribution in [2.75, 3.05) is 57.2 Å². The maximum Gasteiger partial charge on any atom is 0.238 e. The van der Waals surface area contributed by atoms with Crippen molar-refractivity contribution in [1.82, 2.24) is 9.88 Å². The summed E-state index contributed by atoms with van der Waals surface area (Å²) in [6.07, 6.45) is 1.81. The Morgan fingerprint density at radius 2 is 1.96 bits per heavy atom. The molecular formula is C17H21ClN4O3S. The molecule has 1 N–H and O–H groups in total. The minimum absolute atomic E-state index is 0.102. The van der Waals surface area contributed by atoms with Crippen LogP contribution in [0.4, 0.5) is 10.8 Å². The van der Waals surface area contributed by atoms with Crippen molar-refractivity contribution < 1.29 is 14.3 Å². The Morgan fingerprint density at radius 1 is 1.23 bits per heavy atom. The number of methoxy groups -OCH3 is 2. The number of nitrogens with zero attached hydrogens (tertiary/aromatic N) is 3. The van der Waals surface area contributed by atoms with Gasteiger partial charge in [0.2, 0.25) is 5.91 Å². The molecule has 7 nitrogen and oxygen atoms in total. The van der Waals surface area contributed by atoms with Crippen molar-refractivity contribution >= 4 is 39.7 Å². The Bertz CT molecular complexity index is 749. The van der Waals surface area contributed by atoms with Gasteiger partial charge in [0.25, 0.3) is 0 Å². The quantitative estimate of drug-likeness (QED) is 0.809. The number of carbonyl (C=O) groups excluding carboxylic acids is 1. The van der Waals surface area contributed by atoms with Crippen LogP contribution in [-0.4, -0.2) is 62.7 Å². The minimum Gasteiger partial charge on any atom is -0.495 e. The summed E-state index contributed by atoms with van der Waals surface area (Å²) in [7, 11) is 3.06. The van der Waals surface area contributed by atoms with Crippen LogP contribution in [0.5, 0.6) is 11.5 Å². The molecular weight excluding hydrogens is 376 g/mol. The second-order valence-corrected chi connectivity index (χ2v) is 7.09. The van der Waals surface area contributed by atoms with Gasteiger partial charge in [0.15, 0.2) is 5.13 Å². The lowest BCUT2D eigenvalue weighted by Gasteiger charge is -2.34. The third kappa shape index (κ3) is 4.38. The van der Waals surface area contributed by atoms with E-state index in [9.17, 15) is 4.79 Å². The molecule has 1 saturated heterocycles. The van der Waals surface area contributed by atoms with Crippen LogP contribution < -0.4 is 19.7 Å². The zero-order valence-corrected chi connectivity index (χ0v) is 16.3. The van der Waals surface area contributed by atoms with Gasteiger partial charge < -0.3 is 19.7 Å². The van der Waals surface area contributed by atoms with Gasteiger partial charge in [0.1, 0.15) is 11.5 Å². The average molecular weight is 397 g/mol. The molecule has 2 heterocycles. The smallest absolute Gasteiger partial charge is 0.238 e. The number of rotatable bonds is 6. The number of benzene rings is 1. The zero-order valence-electron chi connectivity index (χ0n) is 14.7. The maximum absolute atomic E-state index is 12.4. The lowest BCUT2D eigenvalue weighted by molar-refractivity contribution is -0.117. The molecule has 26 heavy (non-hydrogen) atoms. The summed E-state index contributed by atoms with van der Waals surface area (Å²) in [6, 6.07) is 3.29. The summed E-state index contributed by atoms with van der Waals surface area (Å²) >= 11 is 7.73. The molecule has 0 radical (unpaired) electrons. The third-order valence-electron chi connectivity index (χ3n) is 4.18. The van der Waals surface area contributed by atoms with Gasteiger partial charge >= 0.3 is 0 Å². The number of hydrogen-bond acceptors (Lipinski definition) is 7. The van der Waals surface area contributed by atoms with Gasteiger partial charge in [-0.15, -0.1) is 11.3 Å².